The van der Waals surface area contributed by atoms with Crippen molar-refractivity contribution in [1.82, 2.24) is 9.88 Å². The molecular formula is C24H32N2O4. The van der Waals surface area contributed by atoms with Gasteiger partial charge in [0.05, 0.1) is 19.4 Å². The van der Waals surface area contributed by atoms with Gasteiger partial charge in [0.15, 0.2) is 11.5 Å². The molecule has 1 saturated carbocycles. The number of aliphatic hydroxyl groups is 1. The van der Waals surface area contributed by atoms with E-state index >= 15 is 0 Å². The number of nitrogens with zero attached hydrogens (tertiary/aromatic N) is 2. The molecule has 1 saturated heterocycles. The predicted octanol–water partition coefficient (Wildman–Crippen LogP) is 3.15. The second kappa shape index (κ2) is 8.92. The predicted molar refractivity (Wildman–Crippen MR) is 115 cm³/mol. The van der Waals surface area contributed by atoms with Crippen LogP contribution >= 0.6 is 0 Å². The van der Waals surface area contributed by atoms with E-state index in [4.69, 9.17) is 14.2 Å². The van der Waals surface area contributed by atoms with Gasteiger partial charge in [-0.15, -0.1) is 0 Å². The van der Waals surface area contributed by atoms with Crippen molar-refractivity contribution in [1.29, 1.82) is 0 Å². The Labute approximate surface area is 178 Å². The molecule has 1 aromatic heterocycles. The maximum absolute atomic E-state index is 11.5. The molecule has 3 atom stereocenters. The van der Waals surface area contributed by atoms with Crippen molar-refractivity contribution >= 4 is 0 Å². The zero-order valence-corrected chi connectivity index (χ0v) is 18.1. The highest BCUT2D eigenvalue weighted by atomic mass is 16.5. The molecule has 6 heteroatoms. The second-order valence-corrected chi connectivity index (χ2v) is 8.57. The van der Waals surface area contributed by atoms with Crippen molar-refractivity contribution in [2.75, 3.05) is 40.5 Å². The monoisotopic (exact) mass is 412 g/mol. The molecule has 2 fully saturated rings. The van der Waals surface area contributed by atoms with E-state index in [1.54, 1.807) is 14.2 Å². The van der Waals surface area contributed by atoms with Crippen molar-refractivity contribution in [2.45, 2.75) is 31.9 Å². The van der Waals surface area contributed by atoms with E-state index in [0.29, 0.717) is 19.1 Å². The summed E-state index contributed by atoms with van der Waals surface area (Å²) in [5.41, 5.74) is 2.30. The zero-order chi connectivity index (χ0) is 21.1. The Bertz CT molecular complexity index is 857. The largest absolute Gasteiger partial charge is 0.493 e. The van der Waals surface area contributed by atoms with E-state index in [0.717, 1.165) is 55.2 Å². The van der Waals surface area contributed by atoms with E-state index in [1.165, 1.54) is 5.56 Å². The number of aromatic nitrogens is 1. The molecule has 6 nitrogen and oxygen atoms in total. The third-order valence-electron chi connectivity index (χ3n) is 6.56. The van der Waals surface area contributed by atoms with E-state index in [1.807, 2.05) is 31.3 Å². The molecule has 0 amide bonds. The summed E-state index contributed by atoms with van der Waals surface area (Å²) in [6.45, 7) is 5.76. The fraction of sp³-hybridized carbons (Fsp3) is 0.542. The Morgan fingerprint density at radius 3 is 2.73 bits per heavy atom. The van der Waals surface area contributed by atoms with Crippen LogP contribution in [0.25, 0.3) is 0 Å². The van der Waals surface area contributed by atoms with Crippen molar-refractivity contribution < 1.29 is 19.3 Å². The first kappa shape index (κ1) is 21.1. The third kappa shape index (κ3) is 4.17. The number of likely N-dealkylation sites (tertiary alicyclic amines) is 1. The second-order valence-electron chi connectivity index (χ2n) is 8.57. The zero-order valence-electron chi connectivity index (χ0n) is 18.1. The Balaban J connectivity index is 1.45. The van der Waals surface area contributed by atoms with Gasteiger partial charge in [0.1, 0.15) is 12.2 Å². The average molecular weight is 413 g/mol. The molecule has 0 spiro atoms. The maximum atomic E-state index is 11.5. The Morgan fingerprint density at radius 1 is 1.13 bits per heavy atom. The van der Waals surface area contributed by atoms with Crippen LogP contribution < -0.4 is 9.47 Å². The summed E-state index contributed by atoms with van der Waals surface area (Å²) in [7, 11) is 3.31. The number of aryl methyl sites for hydroxylation is 1. The van der Waals surface area contributed by atoms with Crippen LogP contribution in [-0.2, 0) is 16.9 Å². The lowest BCUT2D eigenvalue weighted by atomic mass is 9.85. The smallest absolute Gasteiger partial charge is 0.161 e. The number of ether oxygens (including phenoxy) is 3. The molecule has 1 aliphatic carbocycles. The summed E-state index contributed by atoms with van der Waals surface area (Å²) >= 11 is 0. The summed E-state index contributed by atoms with van der Waals surface area (Å²) in [4.78, 5) is 7.00. The number of hydrogen-bond acceptors (Lipinski definition) is 6. The third-order valence-corrected chi connectivity index (χ3v) is 6.56. The molecule has 30 heavy (non-hydrogen) atoms. The summed E-state index contributed by atoms with van der Waals surface area (Å²) in [6.07, 6.45) is 3.70. The van der Waals surface area contributed by atoms with Gasteiger partial charge >= 0.3 is 0 Å². The first-order valence-electron chi connectivity index (χ1n) is 10.7. The minimum Gasteiger partial charge on any atom is -0.493 e. The van der Waals surface area contributed by atoms with Gasteiger partial charge in [-0.3, -0.25) is 9.88 Å². The first-order valence-corrected chi connectivity index (χ1v) is 10.7. The number of methoxy groups -OCH3 is 2. The minimum atomic E-state index is -0.818. The lowest BCUT2D eigenvalue weighted by Crippen LogP contribution is -2.35. The molecule has 1 aliphatic heterocycles. The van der Waals surface area contributed by atoms with Crippen LogP contribution in [0, 0.1) is 18.8 Å². The summed E-state index contributed by atoms with van der Waals surface area (Å²) < 4.78 is 16.3. The van der Waals surface area contributed by atoms with Crippen LogP contribution in [0.15, 0.2) is 36.5 Å². The van der Waals surface area contributed by atoms with Crippen LogP contribution in [-0.4, -0.2) is 55.5 Å². The molecule has 4 rings (SSSR count). The molecular weight excluding hydrogens is 380 g/mol. The first-order chi connectivity index (χ1) is 14.5. The Hall–Kier alpha value is -2.15. The van der Waals surface area contributed by atoms with E-state index in [-0.39, 0.29) is 5.92 Å². The molecule has 0 bridgehead atoms. The molecule has 2 aromatic rings. The highest BCUT2D eigenvalue weighted by Gasteiger charge is 2.53. The maximum Gasteiger partial charge on any atom is 0.161 e. The van der Waals surface area contributed by atoms with E-state index < -0.39 is 5.60 Å². The topological polar surface area (TPSA) is 64.1 Å². The quantitative estimate of drug-likeness (QED) is 0.672. The molecule has 2 aliphatic rings. The number of rotatable bonds is 8. The Kier molecular flexibility index (Phi) is 6.27. The summed E-state index contributed by atoms with van der Waals surface area (Å²) in [5, 5.41) is 11.5. The van der Waals surface area contributed by atoms with Gasteiger partial charge in [-0.1, -0.05) is 12.1 Å². The van der Waals surface area contributed by atoms with Gasteiger partial charge in [0, 0.05) is 38.9 Å². The van der Waals surface area contributed by atoms with Crippen LogP contribution in [0.4, 0.5) is 0 Å². The summed E-state index contributed by atoms with van der Waals surface area (Å²) in [5.74, 6) is 2.21. The van der Waals surface area contributed by atoms with Gasteiger partial charge in [-0.2, -0.15) is 0 Å². The van der Waals surface area contributed by atoms with Gasteiger partial charge in [0.25, 0.3) is 0 Å². The molecule has 162 valence electrons. The standard InChI is InChI=1S/C24H32N2O4/c1-17-4-7-23(25-13-17)24(27)9-8-19-15-26(16-20(19)24)14-18-5-6-21(29-3)22(12-18)30-11-10-28-2/h4-7,12-13,19-20,27H,8-11,14-16H2,1-3H3/t19-,20+,24-/m1/s1. The average Bonchev–Trinajstić information content (AvgIpc) is 3.29. The number of benzene rings is 1. The van der Waals surface area contributed by atoms with Crippen molar-refractivity contribution in [2.24, 2.45) is 11.8 Å². The van der Waals surface area contributed by atoms with Crippen molar-refractivity contribution in [3.8, 4) is 11.5 Å². The number of pyridine rings is 1. The van der Waals surface area contributed by atoms with Crippen LogP contribution in [0.3, 0.4) is 0 Å². The SMILES string of the molecule is COCCOc1cc(CN2C[C@H]3CC[C@](O)(c4ccc(C)cn4)[C@H]3C2)ccc1OC. The normalized spacial score (nSPS) is 26.0. The number of fused-ring (bicyclic) bond motifs is 1. The fourth-order valence-electron chi connectivity index (χ4n) is 4.98. The van der Waals surface area contributed by atoms with Gasteiger partial charge in [0.2, 0.25) is 0 Å². The van der Waals surface area contributed by atoms with Crippen LogP contribution in [0.2, 0.25) is 0 Å². The van der Waals surface area contributed by atoms with Gasteiger partial charge < -0.3 is 19.3 Å². The Morgan fingerprint density at radius 2 is 2.00 bits per heavy atom. The van der Waals surface area contributed by atoms with Crippen molar-refractivity contribution in [3.05, 3.63) is 53.3 Å². The lowest BCUT2D eigenvalue weighted by molar-refractivity contribution is -0.0108. The summed E-state index contributed by atoms with van der Waals surface area (Å²) in [6, 6.07) is 10.1. The van der Waals surface area contributed by atoms with Gasteiger partial charge in [-0.25, -0.2) is 0 Å². The van der Waals surface area contributed by atoms with E-state index in [2.05, 4.69) is 22.0 Å². The molecule has 1 N–H and O–H groups in total. The molecule has 1 aromatic carbocycles. The minimum absolute atomic E-state index is 0.225. The lowest BCUT2D eigenvalue weighted by Gasteiger charge is -2.30. The van der Waals surface area contributed by atoms with E-state index in [9.17, 15) is 5.11 Å². The molecule has 2 heterocycles. The highest BCUT2D eigenvalue weighted by Crippen LogP contribution is 2.50. The fourth-order valence-corrected chi connectivity index (χ4v) is 4.98. The number of hydrogen-bond donors (Lipinski definition) is 1. The molecule has 0 radical (unpaired) electrons. The molecule has 0 unspecified atom stereocenters. The van der Waals surface area contributed by atoms with Crippen molar-refractivity contribution in [3.63, 3.8) is 0 Å². The van der Waals surface area contributed by atoms with Crippen LogP contribution in [0.5, 0.6) is 11.5 Å². The highest BCUT2D eigenvalue weighted by molar-refractivity contribution is 5.43. The van der Waals surface area contributed by atoms with Gasteiger partial charge in [-0.05, 0) is 55.0 Å². The van der Waals surface area contributed by atoms with Crippen LogP contribution in [0.1, 0.15) is 29.7 Å².